The Labute approximate surface area is 196 Å². The van der Waals surface area contributed by atoms with E-state index in [1.165, 1.54) is 18.3 Å². The van der Waals surface area contributed by atoms with Gasteiger partial charge in [-0.05, 0) is 57.0 Å². The lowest BCUT2D eigenvalue weighted by molar-refractivity contribution is -0.0127. The van der Waals surface area contributed by atoms with E-state index in [2.05, 4.69) is 0 Å². The molecule has 1 aliphatic carbocycles. The molecule has 3 rings (SSSR count). The fourth-order valence-electron chi connectivity index (χ4n) is 3.63. The normalized spacial score (nSPS) is 21.4. The predicted molar refractivity (Wildman–Crippen MR) is 128 cm³/mol. The maximum atomic E-state index is 11.2. The first-order valence-corrected chi connectivity index (χ1v) is 11.1. The van der Waals surface area contributed by atoms with Crippen LogP contribution < -0.4 is 9.47 Å². The second-order valence-corrected chi connectivity index (χ2v) is 8.60. The van der Waals surface area contributed by atoms with Crippen molar-refractivity contribution in [3.63, 3.8) is 0 Å². The summed E-state index contributed by atoms with van der Waals surface area (Å²) >= 11 is 0. The molecule has 178 valence electrons. The van der Waals surface area contributed by atoms with Crippen LogP contribution in [0.1, 0.15) is 44.9 Å². The molecular formula is C27H34O6. The van der Waals surface area contributed by atoms with E-state index in [-0.39, 0.29) is 18.8 Å². The van der Waals surface area contributed by atoms with Crippen LogP contribution in [0.5, 0.6) is 11.5 Å². The number of hydrogen-bond donors (Lipinski definition) is 2. The number of aliphatic hydroxyl groups excluding tert-OH is 2. The molecule has 0 radical (unpaired) electrons. The molecule has 6 heteroatoms. The smallest absolute Gasteiger partial charge is 0.136 e. The molecule has 0 bridgehead atoms. The van der Waals surface area contributed by atoms with Crippen LogP contribution in [0, 0.1) is 0 Å². The molecule has 1 aliphatic heterocycles. The molecule has 2 N–H and O–H groups in total. The summed E-state index contributed by atoms with van der Waals surface area (Å²) in [7, 11) is 1.53. The third kappa shape index (κ3) is 6.24. The minimum atomic E-state index is -0.950. The molecule has 0 spiro atoms. The molecule has 2 aliphatic rings. The molecule has 0 saturated carbocycles. The number of ether oxygens (including phenoxy) is 4. The molecule has 0 fully saturated rings. The van der Waals surface area contributed by atoms with Gasteiger partial charge in [0.15, 0.2) is 0 Å². The second kappa shape index (κ2) is 11.5. The van der Waals surface area contributed by atoms with Crippen molar-refractivity contribution >= 4 is 0 Å². The van der Waals surface area contributed by atoms with Gasteiger partial charge in [-0.1, -0.05) is 35.5 Å². The Kier molecular flexibility index (Phi) is 8.69. The summed E-state index contributed by atoms with van der Waals surface area (Å²) in [5.74, 6) is 0.934. The lowest BCUT2D eigenvalue weighted by atomic mass is 9.89. The van der Waals surface area contributed by atoms with Crippen LogP contribution >= 0.6 is 0 Å². The molecule has 1 heterocycles. The fourth-order valence-corrected chi connectivity index (χ4v) is 3.63. The number of aliphatic hydroxyl groups is 2. The van der Waals surface area contributed by atoms with E-state index < -0.39 is 6.10 Å². The molecule has 0 amide bonds. The summed E-state index contributed by atoms with van der Waals surface area (Å²) in [6, 6.07) is 3.41. The number of fused-ring (bicyclic) bond motifs is 1. The summed E-state index contributed by atoms with van der Waals surface area (Å²) in [4.78, 5) is 0. The lowest BCUT2D eigenvalue weighted by Gasteiger charge is -2.30. The highest BCUT2D eigenvalue weighted by Crippen LogP contribution is 2.44. The van der Waals surface area contributed by atoms with Crippen LogP contribution in [0.15, 0.2) is 71.1 Å². The molecule has 3 atom stereocenters. The fraction of sp³-hybridized carbons (Fsp3) is 0.407. The molecule has 33 heavy (non-hydrogen) atoms. The number of hydrogen-bond acceptors (Lipinski definition) is 6. The number of rotatable bonds is 9. The van der Waals surface area contributed by atoms with E-state index in [0.29, 0.717) is 41.4 Å². The topological polar surface area (TPSA) is 77.4 Å². The Hall–Kier alpha value is -2.64. The van der Waals surface area contributed by atoms with Gasteiger partial charge in [0.2, 0.25) is 0 Å². The van der Waals surface area contributed by atoms with Crippen LogP contribution in [0.4, 0.5) is 0 Å². The monoisotopic (exact) mass is 454 g/mol. The van der Waals surface area contributed by atoms with Crippen molar-refractivity contribution in [1.29, 1.82) is 0 Å². The van der Waals surface area contributed by atoms with Crippen molar-refractivity contribution in [2.75, 3.05) is 20.3 Å². The maximum Gasteiger partial charge on any atom is 0.136 e. The first-order valence-electron chi connectivity index (χ1n) is 11.1. The second-order valence-electron chi connectivity index (χ2n) is 8.60. The standard InChI is InChI=1S/C27H34O6/c1-17(2)8-10-31-22-7-6-20(14-23(22)32-11-9-18(3)4)21-16-33-25-13-19(15-28)12-24(30-5)26(25)27(21)29/h6-9,12-14,16,22-23,27-29H,10-11,15H2,1-5H3. The maximum absolute atomic E-state index is 11.2. The van der Waals surface area contributed by atoms with E-state index in [0.717, 1.165) is 5.57 Å². The summed E-state index contributed by atoms with van der Waals surface area (Å²) in [6.07, 6.45) is 9.93. The highest BCUT2D eigenvalue weighted by molar-refractivity contribution is 5.58. The van der Waals surface area contributed by atoms with Gasteiger partial charge in [-0.3, -0.25) is 0 Å². The van der Waals surface area contributed by atoms with Crippen molar-refractivity contribution < 1.29 is 29.2 Å². The van der Waals surface area contributed by atoms with Gasteiger partial charge in [0, 0.05) is 5.57 Å². The first kappa shape index (κ1) is 25.0. The molecule has 1 aromatic rings. The van der Waals surface area contributed by atoms with Crippen LogP contribution in [-0.4, -0.2) is 42.7 Å². The van der Waals surface area contributed by atoms with Gasteiger partial charge in [0.25, 0.3) is 0 Å². The summed E-state index contributed by atoms with van der Waals surface area (Å²) < 4.78 is 23.4. The van der Waals surface area contributed by atoms with Crippen molar-refractivity contribution in [3.8, 4) is 11.5 Å². The van der Waals surface area contributed by atoms with E-state index in [1.54, 1.807) is 18.4 Å². The van der Waals surface area contributed by atoms with E-state index in [4.69, 9.17) is 18.9 Å². The predicted octanol–water partition coefficient (Wildman–Crippen LogP) is 4.70. The largest absolute Gasteiger partial charge is 0.496 e. The van der Waals surface area contributed by atoms with Gasteiger partial charge in [0.1, 0.15) is 29.8 Å². The quantitative estimate of drug-likeness (QED) is 0.527. The number of methoxy groups -OCH3 is 1. The van der Waals surface area contributed by atoms with Crippen LogP contribution in [0.2, 0.25) is 0 Å². The minimum Gasteiger partial charge on any atom is -0.496 e. The third-order valence-corrected chi connectivity index (χ3v) is 5.47. The zero-order valence-electron chi connectivity index (χ0n) is 20.0. The van der Waals surface area contributed by atoms with Gasteiger partial charge in [-0.2, -0.15) is 0 Å². The van der Waals surface area contributed by atoms with Gasteiger partial charge in [-0.25, -0.2) is 0 Å². The highest BCUT2D eigenvalue weighted by Gasteiger charge is 2.31. The van der Waals surface area contributed by atoms with E-state index in [9.17, 15) is 10.2 Å². The lowest BCUT2D eigenvalue weighted by Crippen LogP contribution is -2.31. The van der Waals surface area contributed by atoms with Gasteiger partial charge >= 0.3 is 0 Å². The summed E-state index contributed by atoms with van der Waals surface area (Å²) in [5.41, 5.74) is 4.95. The van der Waals surface area contributed by atoms with Gasteiger partial charge in [0.05, 0.1) is 38.8 Å². The Morgan fingerprint density at radius 1 is 1.03 bits per heavy atom. The highest BCUT2D eigenvalue weighted by atomic mass is 16.5. The van der Waals surface area contributed by atoms with Gasteiger partial charge < -0.3 is 29.2 Å². The van der Waals surface area contributed by atoms with Crippen molar-refractivity contribution in [3.05, 3.63) is 82.2 Å². The van der Waals surface area contributed by atoms with E-state index in [1.807, 2.05) is 58.1 Å². The van der Waals surface area contributed by atoms with Crippen molar-refractivity contribution in [2.24, 2.45) is 0 Å². The van der Waals surface area contributed by atoms with Crippen molar-refractivity contribution in [1.82, 2.24) is 0 Å². The summed E-state index contributed by atoms with van der Waals surface area (Å²) in [6.45, 7) is 8.94. The molecule has 6 nitrogen and oxygen atoms in total. The molecule has 1 aromatic carbocycles. The summed E-state index contributed by atoms with van der Waals surface area (Å²) in [5, 5.41) is 20.7. The SMILES string of the molecule is COc1cc(CO)cc2c1C(O)C(C1=CC(OCC=C(C)C)C(OCC=C(C)C)C=C1)=CO2. The molecule has 0 saturated heterocycles. The average Bonchev–Trinajstić information content (AvgIpc) is 2.79. The number of allylic oxidation sites excluding steroid dienone is 3. The van der Waals surface area contributed by atoms with Crippen molar-refractivity contribution in [2.45, 2.75) is 52.6 Å². The number of benzene rings is 1. The molecule has 3 unspecified atom stereocenters. The Balaban J connectivity index is 1.86. The average molecular weight is 455 g/mol. The zero-order valence-corrected chi connectivity index (χ0v) is 20.0. The van der Waals surface area contributed by atoms with Crippen LogP contribution in [0.25, 0.3) is 0 Å². The van der Waals surface area contributed by atoms with E-state index >= 15 is 0 Å². The Morgan fingerprint density at radius 2 is 1.70 bits per heavy atom. The van der Waals surface area contributed by atoms with Crippen LogP contribution in [-0.2, 0) is 16.1 Å². The van der Waals surface area contributed by atoms with Gasteiger partial charge in [-0.15, -0.1) is 0 Å². The molecule has 0 aromatic heterocycles. The Morgan fingerprint density at radius 3 is 2.30 bits per heavy atom. The first-order chi connectivity index (χ1) is 15.8. The Bertz CT molecular complexity index is 990. The molecular weight excluding hydrogens is 420 g/mol. The van der Waals surface area contributed by atoms with Crippen LogP contribution in [0.3, 0.4) is 0 Å². The minimum absolute atomic E-state index is 0.146. The third-order valence-electron chi connectivity index (χ3n) is 5.47. The zero-order chi connectivity index (χ0) is 24.0.